The molecule has 2 radical (unpaired) electrons. The highest BCUT2D eigenvalue weighted by atomic mass is 16.4. The van der Waals surface area contributed by atoms with Crippen LogP contribution in [-0.4, -0.2) is 24.6 Å². The van der Waals surface area contributed by atoms with E-state index >= 15 is 0 Å². The second kappa shape index (κ2) is 8.05. The molecule has 0 spiro atoms. The average Bonchev–Trinajstić information content (AvgIpc) is 2.68. The van der Waals surface area contributed by atoms with E-state index in [1.165, 1.54) is 31.3 Å². The number of aromatic carboxylic acids is 1. The van der Waals surface area contributed by atoms with Gasteiger partial charge in [-0.25, -0.2) is 4.79 Å². The number of nitrogens with zero attached hydrogens (tertiary/aromatic N) is 1. The zero-order valence-corrected chi connectivity index (χ0v) is 15.8. The molecule has 0 amide bonds. The Bertz CT molecular complexity index is 930. The van der Waals surface area contributed by atoms with Crippen molar-refractivity contribution in [1.29, 1.82) is 0 Å². The van der Waals surface area contributed by atoms with Crippen LogP contribution in [0.25, 0.3) is 5.70 Å². The fourth-order valence-electron chi connectivity index (χ4n) is 4.18. The fraction of sp³-hybridized carbons (Fsp3) is 0.304. The molecule has 0 bridgehead atoms. The molecular weight excluding hydrogens is 347 g/mol. The second-order valence-corrected chi connectivity index (χ2v) is 7.52. The molecule has 0 saturated heterocycles. The summed E-state index contributed by atoms with van der Waals surface area (Å²) in [4.78, 5) is 11.2. The number of hydrogen-bond donors (Lipinski definition) is 2. The first-order chi connectivity index (χ1) is 13.6. The molecule has 2 aliphatic rings. The quantitative estimate of drug-likeness (QED) is 0.807. The van der Waals surface area contributed by atoms with Gasteiger partial charge in [-0.2, -0.15) is 5.10 Å². The maximum Gasteiger partial charge on any atom is 0.335 e. The summed E-state index contributed by atoms with van der Waals surface area (Å²) in [5.41, 5.74) is 9.94. The number of allylic oxidation sites excluding steroid dienone is 1. The van der Waals surface area contributed by atoms with Gasteiger partial charge < -0.3 is 5.11 Å². The van der Waals surface area contributed by atoms with E-state index in [0.717, 1.165) is 40.8 Å². The predicted octanol–water partition coefficient (Wildman–Crippen LogP) is 3.87. The number of carboxylic acid groups (broad SMARTS) is 1. The van der Waals surface area contributed by atoms with Crippen LogP contribution in [-0.2, 0) is 0 Å². The molecule has 2 N–H and O–H groups in total. The minimum absolute atomic E-state index is 0.254. The van der Waals surface area contributed by atoms with Crippen LogP contribution >= 0.6 is 0 Å². The number of carboxylic acids is 1. The molecule has 4 nitrogen and oxygen atoms in total. The molecule has 4 rings (SSSR count). The van der Waals surface area contributed by atoms with Crippen LogP contribution in [0, 0.1) is 5.92 Å². The Hall–Kier alpha value is -2.82. The Morgan fingerprint density at radius 1 is 0.964 bits per heavy atom. The first kappa shape index (κ1) is 18.5. The van der Waals surface area contributed by atoms with E-state index in [4.69, 9.17) is 18.1 Å². The lowest BCUT2D eigenvalue weighted by Gasteiger charge is -2.31. The lowest BCUT2D eigenvalue weighted by molar-refractivity contribution is 0.0697. The first-order valence-electron chi connectivity index (χ1n) is 9.90. The molecule has 140 valence electrons. The standard InChI is InChI=1S/C23H23BN2O2/c24-18-13-11-16(12-14-18)22-20-6-4-2-1-3-5-19(20)21(25-26-22)15-7-9-17(10-8-15)23(27)28/h7-14,19,26H,1-6H2,(H,27,28). The smallest absolute Gasteiger partial charge is 0.335 e. The maximum absolute atomic E-state index is 11.2. The zero-order valence-electron chi connectivity index (χ0n) is 15.8. The summed E-state index contributed by atoms with van der Waals surface area (Å²) < 4.78 is 0. The lowest BCUT2D eigenvalue weighted by Crippen LogP contribution is -2.29. The summed E-state index contributed by atoms with van der Waals surface area (Å²) in [6.45, 7) is 0. The van der Waals surface area contributed by atoms with Gasteiger partial charge in [0.05, 0.1) is 17.0 Å². The highest BCUT2D eigenvalue weighted by Gasteiger charge is 2.29. The Labute approximate surface area is 166 Å². The SMILES string of the molecule is [B]c1ccc(C2=C3CCCCCCC3C(c3ccc(C(=O)O)cc3)=NN2)cc1. The van der Waals surface area contributed by atoms with Gasteiger partial charge in [-0.3, -0.25) is 5.43 Å². The third-order valence-corrected chi connectivity index (χ3v) is 5.68. The minimum atomic E-state index is -0.910. The lowest BCUT2D eigenvalue weighted by atomic mass is 9.78. The van der Waals surface area contributed by atoms with Gasteiger partial charge in [0, 0.05) is 5.92 Å². The van der Waals surface area contributed by atoms with Gasteiger partial charge in [0.15, 0.2) is 0 Å². The van der Waals surface area contributed by atoms with Crippen molar-refractivity contribution in [3.05, 3.63) is 70.8 Å². The van der Waals surface area contributed by atoms with E-state index in [9.17, 15) is 4.79 Å². The Morgan fingerprint density at radius 2 is 1.64 bits per heavy atom. The summed E-state index contributed by atoms with van der Waals surface area (Å²) in [6, 6.07) is 15.0. The van der Waals surface area contributed by atoms with Crippen molar-refractivity contribution in [1.82, 2.24) is 5.43 Å². The van der Waals surface area contributed by atoms with Gasteiger partial charge in [0.1, 0.15) is 7.85 Å². The van der Waals surface area contributed by atoms with Crippen molar-refractivity contribution < 1.29 is 9.90 Å². The van der Waals surface area contributed by atoms with Crippen LogP contribution in [0.2, 0.25) is 0 Å². The number of carbonyl (C=O) groups is 1. The van der Waals surface area contributed by atoms with Crippen molar-refractivity contribution in [2.75, 3.05) is 0 Å². The monoisotopic (exact) mass is 370 g/mol. The van der Waals surface area contributed by atoms with E-state index in [2.05, 4.69) is 5.43 Å². The van der Waals surface area contributed by atoms with Crippen LogP contribution in [0.4, 0.5) is 0 Å². The number of benzene rings is 2. The van der Waals surface area contributed by atoms with E-state index in [0.29, 0.717) is 5.56 Å². The topological polar surface area (TPSA) is 61.7 Å². The van der Waals surface area contributed by atoms with Crippen LogP contribution in [0.1, 0.15) is 60.0 Å². The number of hydrogen-bond acceptors (Lipinski definition) is 3. The summed E-state index contributed by atoms with van der Waals surface area (Å²) in [5.74, 6) is -0.655. The molecular formula is C23H23BN2O2. The van der Waals surface area contributed by atoms with Crippen LogP contribution in [0.15, 0.2) is 59.2 Å². The largest absolute Gasteiger partial charge is 0.478 e. The van der Waals surface area contributed by atoms with Gasteiger partial charge in [-0.1, -0.05) is 61.1 Å². The fourth-order valence-corrected chi connectivity index (χ4v) is 4.18. The van der Waals surface area contributed by atoms with Crippen molar-refractivity contribution >= 4 is 30.7 Å². The normalized spacial score (nSPS) is 19.7. The van der Waals surface area contributed by atoms with Crippen LogP contribution in [0.5, 0.6) is 0 Å². The Morgan fingerprint density at radius 3 is 2.36 bits per heavy atom. The number of fused-ring (bicyclic) bond motifs is 1. The third-order valence-electron chi connectivity index (χ3n) is 5.68. The second-order valence-electron chi connectivity index (χ2n) is 7.52. The van der Waals surface area contributed by atoms with Crippen molar-refractivity contribution in [2.45, 2.75) is 38.5 Å². The van der Waals surface area contributed by atoms with Crippen molar-refractivity contribution in [3.63, 3.8) is 0 Å². The molecule has 1 atom stereocenters. The van der Waals surface area contributed by atoms with E-state index in [1.807, 2.05) is 36.4 Å². The third kappa shape index (κ3) is 3.75. The van der Waals surface area contributed by atoms with Crippen molar-refractivity contribution in [3.8, 4) is 0 Å². The molecule has 28 heavy (non-hydrogen) atoms. The van der Waals surface area contributed by atoms with Gasteiger partial charge in [0.25, 0.3) is 0 Å². The van der Waals surface area contributed by atoms with Gasteiger partial charge in [-0.15, -0.1) is 0 Å². The average molecular weight is 370 g/mol. The zero-order chi connectivity index (χ0) is 19.5. The Balaban J connectivity index is 1.72. The van der Waals surface area contributed by atoms with Gasteiger partial charge in [-0.05, 0) is 48.1 Å². The van der Waals surface area contributed by atoms with Gasteiger partial charge >= 0.3 is 5.97 Å². The first-order valence-corrected chi connectivity index (χ1v) is 9.90. The summed E-state index contributed by atoms with van der Waals surface area (Å²) >= 11 is 0. The highest BCUT2D eigenvalue weighted by molar-refractivity contribution is 6.32. The predicted molar refractivity (Wildman–Crippen MR) is 113 cm³/mol. The number of hydrazone groups is 1. The molecule has 1 unspecified atom stereocenters. The Kier molecular flexibility index (Phi) is 5.33. The molecule has 5 heteroatoms. The molecule has 1 saturated carbocycles. The van der Waals surface area contributed by atoms with E-state index in [-0.39, 0.29) is 5.92 Å². The van der Waals surface area contributed by atoms with E-state index in [1.54, 1.807) is 12.1 Å². The van der Waals surface area contributed by atoms with Crippen LogP contribution in [0.3, 0.4) is 0 Å². The highest BCUT2D eigenvalue weighted by Crippen LogP contribution is 2.37. The summed E-state index contributed by atoms with van der Waals surface area (Å²) in [6.07, 6.45) is 6.97. The minimum Gasteiger partial charge on any atom is -0.478 e. The summed E-state index contributed by atoms with van der Waals surface area (Å²) in [7, 11) is 5.86. The summed E-state index contributed by atoms with van der Waals surface area (Å²) in [5, 5.41) is 13.9. The van der Waals surface area contributed by atoms with Crippen molar-refractivity contribution in [2.24, 2.45) is 11.0 Å². The molecule has 0 aromatic heterocycles. The molecule has 2 aromatic carbocycles. The molecule has 1 fully saturated rings. The van der Waals surface area contributed by atoms with E-state index < -0.39 is 5.97 Å². The molecule has 1 aliphatic heterocycles. The molecule has 1 heterocycles. The maximum atomic E-state index is 11.2. The van der Waals surface area contributed by atoms with Gasteiger partial charge in [0.2, 0.25) is 0 Å². The number of nitrogens with one attached hydrogen (secondary N) is 1. The number of rotatable bonds is 3. The molecule has 1 aliphatic carbocycles. The molecule has 2 aromatic rings. The van der Waals surface area contributed by atoms with Crippen LogP contribution < -0.4 is 10.9 Å².